The highest BCUT2D eigenvalue weighted by atomic mass is 79.9. The Hall–Kier alpha value is -1.07. The lowest BCUT2D eigenvalue weighted by Crippen LogP contribution is -2.06. The summed E-state index contributed by atoms with van der Waals surface area (Å²) in [7, 11) is 1.79. The molecule has 0 aromatic carbocycles. The molecule has 0 aliphatic heterocycles. The summed E-state index contributed by atoms with van der Waals surface area (Å²) in [5, 5.41) is 14.2. The van der Waals surface area contributed by atoms with Crippen molar-refractivity contribution >= 4 is 15.9 Å². The molecule has 1 N–H and O–H groups in total. The third-order valence-electron chi connectivity index (χ3n) is 2.21. The number of aliphatic hydroxyl groups is 1. The van der Waals surface area contributed by atoms with E-state index >= 15 is 0 Å². The van der Waals surface area contributed by atoms with E-state index in [0.717, 1.165) is 10.2 Å². The molecule has 0 aliphatic rings. The summed E-state index contributed by atoms with van der Waals surface area (Å²) < 4.78 is 7.61. The molecule has 2 aromatic heterocycles. The van der Waals surface area contributed by atoms with E-state index in [-0.39, 0.29) is 0 Å². The van der Waals surface area contributed by atoms with Gasteiger partial charge in [0, 0.05) is 7.05 Å². The van der Waals surface area contributed by atoms with Gasteiger partial charge in [0.25, 0.3) is 0 Å². The Morgan fingerprint density at radius 3 is 2.80 bits per heavy atom. The van der Waals surface area contributed by atoms with Crippen LogP contribution in [-0.4, -0.2) is 14.9 Å². The van der Waals surface area contributed by atoms with Gasteiger partial charge in [-0.1, -0.05) is 0 Å². The highest BCUT2D eigenvalue weighted by molar-refractivity contribution is 9.10. The summed E-state index contributed by atoms with van der Waals surface area (Å²) >= 11 is 3.31. The molecule has 2 heterocycles. The second-order valence-electron chi connectivity index (χ2n) is 3.37. The molecule has 80 valence electrons. The van der Waals surface area contributed by atoms with Crippen molar-refractivity contribution in [3.63, 3.8) is 0 Å². The highest BCUT2D eigenvalue weighted by Gasteiger charge is 2.20. The monoisotopic (exact) mass is 270 g/mol. The molecule has 0 spiro atoms. The lowest BCUT2D eigenvalue weighted by atomic mass is 10.2. The van der Waals surface area contributed by atoms with Gasteiger partial charge in [0.2, 0.25) is 0 Å². The quantitative estimate of drug-likeness (QED) is 0.910. The fraction of sp³-hybridized carbons (Fsp3) is 0.300. The topological polar surface area (TPSA) is 51.2 Å². The fourth-order valence-electron chi connectivity index (χ4n) is 1.52. The average molecular weight is 271 g/mol. The van der Waals surface area contributed by atoms with Crippen molar-refractivity contribution in [1.29, 1.82) is 0 Å². The summed E-state index contributed by atoms with van der Waals surface area (Å²) in [5.41, 5.74) is 1.58. The molecule has 5 heteroatoms. The van der Waals surface area contributed by atoms with Gasteiger partial charge in [0.05, 0.1) is 22.1 Å². The van der Waals surface area contributed by atoms with Crippen LogP contribution in [0.15, 0.2) is 27.3 Å². The van der Waals surface area contributed by atoms with E-state index in [2.05, 4.69) is 21.0 Å². The van der Waals surface area contributed by atoms with E-state index in [1.165, 1.54) is 6.26 Å². The van der Waals surface area contributed by atoms with Crippen LogP contribution in [0.25, 0.3) is 0 Å². The van der Waals surface area contributed by atoms with E-state index in [9.17, 15) is 5.11 Å². The minimum absolute atomic E-state index is 0.498. The standard InChI is InChI=1S/C10H11BrN2O2/c1-6-5-8(13(2)12-6)9(14)10-7(11)3-4-15-10/h3-5,9,14H,1-2H3. The Labute approximate surface area is 95.6 Å². The van der Waals surface area contributed by atoms with Gasteiger partial charge in [-0.15, -0.1) is 0 Å². The third-order valence-corrected chi connectivity index (χ3v) is 2.87. The van der Waals surface area contributed by atoms with Gasteiger partial charge in [-0.25, -0.2) is 0 Å². The predicted molar refractivity (Wildman–Crippen MR) is 58.4 cm³/mol. The van der Waals surface area contributed by atoms with Crippen LogP contribution in [0.4, 0.5) is 0 Å². The normalized spacial score (nSPS) is 13.1. The summed E-state index contributed by atoms with van der Waals surface area (Å²) in [4.78, 5) is 0. The van der Waals surface area contributed by atoms with Crippen LogP contribution in [0.1, 0.15) is 23.3 Å². The van der Waals surface area contributed by atoms with Crippen LogP contribution < -0.4 is 0 Å². The molecular formula is C10H11BrN2O2. The van der Waals surface area contributed by atoms with Gasteiger partial charge < -0.3 is 9.52 Å². The first-order valence-electron chi connectivity index (χ1n) is 4.51. The maximum Gasteiger partial charge on any atom is 0.154 e. The number of hydrogen-bond acceptors (Lipinski definition) is 3. The van der Waals surface area contributed by atoms with Crippen molar-refractivity contribution in [3.05, 3.63) is 40.0 Å². The average Bonchev–Trinajstić information content (AvgIpc) is 2.71. The van der Waals surface area contributed by atoms with Gasteiger partial charge in [-0.05, 0) is 35.0 Å². The number of nitrogens with zero attached hydrogens (tertiary/aromatic N) is 2. The van der Waals surface area contributed by atoms with Crippen molar-refractivity contribution in [1.82, 2.24) is 9.78 Å². The third kappa shape index (κ3) is 1.85. The maximum atomic E-state index is 10.1. The molecule has 4 nitrogen and oxygen atoms in total. The Balaban J connectivity index is 2.40. The van der Waals surface area contributed by atoms with Gasteiger partial charge in [-0.3, -0.25) is 4.68 Å². The number of aromatic nitrogens is 2. The van der Waals surface area contributed by atoms with Crippen LogP contribution in [-0.2, 0) is 7.05 Å². The van der Waals surface area contributed by atoms with Crippen molar-refractivity contribution in [2.24, 2.45) is 7.05 Å². The summed E-state index contributed by atoms with van der Waals surface area (Å²) in [5.74, 6) is 0.498. The Kier molecular flexibility index (Phi) is 2.67. The van der Waals surface area contributed by atoms with E-state index in [0.29, 0.717) is 11.5 Å². The molecule has 1 unspecified atom stereocenters. The molecular weight excluding hydrogens is 260 g/mol. The molecule has 15 heavy (non-hydrogen) atoms. The Morgan fingerprint density at radius 1 is 1.60 bits per heavy atom. The number of hydrogen-bond donors (Lipinski definition) is 1. The molecule has 0 fully saturated rings. The maximum absolute atomic E-state index is 10.1. The van der Waals surface area contributed by atoms with E-state index in [1.54, 1.807) is 17.8 Å². The Bertz CT molecular complexity index is 475. The van der Waals surface area contributed by atoms with Crippen LogP contribution in [0.3, 0.4) is 0 Å². The molecule has 0 amide bonds. The minimum Gasteiger partial charge on any atom is -0.465 e. The van der Waals surface area contributed by atoms with Crippen molar-refractivity contribution in [2.75, 3.05) is 0 Å². The fourth-order valence-corrected chi connectivity index (χ4v) is 1.94. The highest BCUT2D eigenvalue weighted by Crippen LogP contribution is 2.29. The van der Waals surface area contributed by atoms with Crippen molar-refractivity contribution in [3.8, 4) is 0 Å². The SMILES string of the molecule is Cc1cc(C(O)c2occc2Br)n(C)n1. The molecule has 0 radical (unpaired) electrons. The number of rotatable bonds is 2. The van der Waals surface area contributed by atoms with Crippen molar-refractivity contribution < 1.29 is 9.52 Å². The largest absolute Gasteiger partial charge is 0.465 e. The first kappa shape index (κ1) is 10.4. The van der Waals surface area contributed by atoms with E-state index in [4.69, 9.17) is 4.42 Å². The van der Waals surface area contributed by atoms with E-state index < -0.39 is 6.10 Å². The lowest BCUT2D eigenvalue weighted by Gasteiger charge is -2.08. The summed E-state index contributed by atoms with van der Waals surface area (Å²) in [6.07, 6.45) is 0.742. The minimum atomic E-state index is -0.791. The smallest absolute Gasteiger partial charge is 0.154 e. The zero-order valence-electron chi connectivity index (χ0n) is 8.44. The van der Waals surface area contributed by atoms with Crippen molar-refractivity contribution in [2.45, 2.75) is 13.0 Å². The number of furan rings is 1. The van der Waals surface area contributed by atoms with Crippen LogP contribution in [0, 0.1) is 6.92 Å². The zero-order valence-corrected chi connectivity index (χ0v) is 10.0. The van der Waals surface area contributed by atoms with Gasteiger partial charge in [-0.2, -0.15) is 5.10 Å². The molecule has 2 rings (SSSR count). The number of aryl methyl sites for hydroxylation is 2. The van der Waals surface area contributed by atoms with Gasteiger partial charge in [0.1, 0.15) is 0 Å². The van der Waals surface area contributed by atoms with Gasteiger partial charge >= 0.3 is 0 Å². The lowest BCUT2D eigenvalue weighted by molar-refractivity contribution is 0.179. The summed E-state index contributed by atoms with van der Waals surface area (Å²) in [6.45, 7) is 1.88. The number of halogens is 1. The molecule has 2 aromatic rings. The Morgan fingerprint density at radius 2 is 2.33 bits per heavy atom. The number of aliphatic hydroxyl groups excluding tert-OH is 1. The van der Waals surface area contributed by atoms with Crippen LogP contribution in [0.2, 0.25) is 0 Å². The molecule has 0 saturated carbocycles. The molecule has 0 saturated heterocycles. The second-order valence-corrected chi connectivity index (χ2v) is 4.22. The van der Waals surface area contributed by atoms with Crippen LogP contribution in [0.5, 0.6) is 0 Å². The van der Waals surface area contributed by atoms with E-state index in [1.807, 2.05) is 13.0 Å². The van der Waals surface area contributed by atoms with Crippen LogP contribution >= 0.6 is 15.9 Å². The van der Waals surface area contributed by atoms with Gasteiger partial charge in [0.15, 0.2) is 11.9 Å². The first-order valence-corrected chi connectivity index (χ1v) is 5.30. The molecule has 0 bridgehead atoms. The second kappa shape index (κ2) is 3.83. The first-order chi connectivity index (χ1) is 7.09. The predicted octanol–water partition coefficient (Wildman–Crippen LogP) is 2.17. The zero-order chi connectivity index (χ0) is 11.0. The molecule has 0 aliphatic carbocycles. The summed E-state index contributed by atoms with van der Waals surface area (Å²) in [6, 6.07) is 3.58. The molecule has 1 atom stereocenters.